The lowest BCUT2D eigenvalue weighted by Gasteiger charge is -2.24. The van der Waals surface area contributed by atoms with Crippen molar-refractivity contribution in [3.05, 3.63) is 33.8 Å². The number of hydrogen-bond donors (Lipinski definition) is 1. The fourth-order valence-electron chi connectivity index (χ4n) is 2.47. The van der Waals surface area contributed by atoms with Gasteiger partial charge in [0.25, 0.3) is 0 Å². The second-order valence-electron chi connectivity index (χ2n) is 5.41. The third kappa shape index (κ3) is 7.01. The van der Waals surface area contributed by atoms with E-state index in [1.165, 1.54) is 0 Å². The molecular formula is C17H28Cl2N2. The van der Waals surface area contributed by atoms with E-state index < -0.39 is 0 Å². The van der Waals surface area contributed by atoms with Crippen molar-refractivity contribution in [1.82, 2.24) is 10.2 Å². The lowest BCUT2D eigenvalue weighted by atomic mass is 10.0. The summed E-state index contributed by atoms with van der Waals surface area (Å²) in [7, 11) is 0. The first kappa shape index (κ1) is 18.8. The molecule has 0 fully saturated rings. The number of hydrogen-bond acceptors (Lipinski definition) is 2. The van der Waals surface area contributed by atoms with E-state index >= 15 is 0 Å². The van der Waals surface area contributed by atoms with E-state index in [1.807, 2.05) is 18.2 Å². The van der Waals surface area contributed by atoms with Crippen LogP contribution in [-0.4, -0.2) is 37.1 Å². The molecule has 0 spiro atoms. The van der Waals surface area contributed by atoms with E-state index in [-0.39, 0.29) is 0 Å². The van der Waals surface area contributed by atoms with Gasteiger partial charge in [0.1, 0.15) is 0 Å². The molecule has 0 radical (unpaired) electrons. The standard InChI is InChI=1S/C17H28Cl2N2/c1-4-10-20-16(9-11-21(5-2)6-3)13-14-12-15(18)7-8-17(14)19/h7-8,12,16,20H,4-6,9-11,13H2,1-3H3. The quantitative estimate of drug-likeness (QED) is 0.672. The average molecular weight is 331 g/mol. The molecule has 0 aliphatic carbocycles. The van der Waals surface area contributed by atoms with E-state index in [9.17, 15) is 0 Å². The van der Waals surface area contributed by atoms with Crippen LogP contribution in [0.1, 0.15) is 39.2 Å². The largest absolute Gasteiger partial charge is 0.314 e. The van der Waals surface area contributed by atoms with Crippen LogP contribution in [0.3, 0.4) is 0 Å². The highest BCUT2D eigenvalue weighted by Gasteiger charge is 2.13. The van der Waals surface area contributed by atoms with Crippen molar-refractivity contribution < 1.29 is 0 Å². The molecule has 2 nitrogen and oxygen atoms in total. The summed E-state index contributed by atoms with van der Waals surface area (Å²) in [4.78, 5) is 2.46. The molecule has 0 amide bonds. The Kier molecular flexibility index (Phi) is 9.34. The summed E-state index contributed by atoms with van der Waals surface area (Å²) in [6.45, 7) is 11.0. The fourth-order valence-corrected chi connectivity index (χ4v) is 2.86. The van der Waals surface area contributed by atoms with Crippen LogP contribution >= 0.6 is 23.2 Å². The number of nitrogens with one attached hydrogen (secondary N) is 1. The van der Waals surface area contributed by atoms with Gasteiger partial charge in [-0.3, -0.25) is 0 Å². The molecule has 0 aliphatic rings. The Morgan fingerprint density at radius 3 is 2.48 bits per heavy atom. The number of rotatable bonds is 10. The summed E-state index contributed by atoms with van der Waals surface area (Å²) in [5, 5.41) is 5.21. The Bertz CT molecular complexity index is 406. The lowest BCUT2D eigenvalue weighted by molar-refractivity contribution is 0.280. The molecule has 1 N–H and O–H groups in total. The molecule has 0 heterocycles. The average Bonchev–Trinajstić information content (AvgIpc) is 2.49. The van der Waals surface area contributed by atoms with Crippen LogP contribution in [0.4, 0.5) is 0 Å². The summed E-state index contributed by atoms with van der Waals surface area (Å²) in [6, 6.07) is 6.17. The van der Waals surface area contributed by atoms with Crippen molar-refractivity contribution in [3.8, 4) is 0 Å². The van der Waals surface area contributed by atoms with Gasteiger partial charge in [-0.1, -0.05) is 44.0 Å². The predicted octanol–water partition coefficient (Wildman–Crippen LogP) is 4.64. The number of nitrogens with zero attached hydrogens (tertiary/aromatic N) is 1. The molecule has 1 rings (SSSR count). The molecule has 0 aliphatic heterocycles. The fraction of sp³-hybridized carbons (Fsp3) is 0.647. The monoisotopic (exact) mass is 330 g/mol. The van der Waals surface area contributed by atoms with E-state index in [0.29, 0.717) is 6.04 Å². The van der Waals surface area contributed by atoms with Crippen molar-refractivity contribution >= 4 is 23.2 Å². The maximum absolute atomic E-state index is 6.29. The summed E-state index contributed by atoms with van der Waals surface area (Å²) in [5.74, 6) is 0. The van der Waals surface area contributed by atoms with Crippen LogP contribution < -0.4 is 5.32 Å². The van der Waals surface area contributed by atoms with E-state index in [2.05, 4.69) is 31.0 Å². The molecule has 0 aromatic heterocycles. The molecule has 1 atom stereocenters. The summed E-state index contributed by atoms with van der Waals surface area (Å²) >= 11 is 12.4. The molecule has 0 saturated carbocycles. The van der Waals surface area contributed by atoms with Gasteiger partial charge in [-0.15, -0.1) is 0 Å². The second-order valence-corrected chi connectivity index (χ2v) is 6.25. The highest BCUT2D eigenvalue weighted by Crippen LogP contribution is 2.22. The van der Waals surface area contributed by atoms with Crippen LogP contribution in [0.15, 0.2) is 18.2 Å². The van der Waals surface area contributed by atoms with Gasteiger partial charge in [0.2, 0.25) is 0 Å². The highest BCUT2D eigenvalue weighted by atomic mass is 35.5. The van der Waals surface area contributed by atoms with Gasteiger partial charge in [0, 0.05) is 16.1 Å². The first-order valence-electron chi connectivity index (χ1n) is 8.00. The smallest absolute Gasteiger partial charge is 0.0439 e. The Balaban J connectivity index is 2.66. The molecule has 0 saturated heterocycles. The van der Waals surface area contributed by atoms with Gasteiger partial charge in [-0.2, -0.15) is 0 Å². The van der Waals surface area contributed by atoms with Gasteiger partial charge in [0.05, 0.1) is 0 Å². The summed E-state index contributed by atoms with van der Waals surface area (Å²) < 4.78 is 0. The van der Waals surface area contributed by atoms with E-state index in [0.717, 1.165) is 61.1 Å². The van der Waals surface area contributed by atoms with Crippen LogP contribution in [0.5, 0.6) is 0 Å². The van der Waals surface area contributed by atoms with Crippen molar-refractivity contribution in [3.63, 3.8) is 0 Å². The van der Waals surface area contributed by atoms with Gasteiger partial charge >= 0.3 is 0 Å². The normalized spacial score (nSPS) is 12.9. The van der Waals surface area contributed by atoms with Crippen LogP contribution in [0, 0.1) is 0 Å². The number of halogens is 2. The zero-order valence-electron chi connectivity index (χ0n) is 13.5. The molecule has 4 heteroatoms. The van der Waals surface area contributed by atoms with E-state index in [1.54, 1.807) is 0 Å². The Labute approximate surface area is 139 Å². The van der Waals surface area contributed by atoms with Gasteiger partial charge in [-0.05, 0) is 69.2 Å². The van der Waals surface area contributed by atoms with Crippen LogP contribution in [-0.2, 0) is 6.42 Å². The molecular weight excluding hydrogens is 303 g/mol. The molecule has 1 aromatic carbocycles. The lowest BCUT2D eigenvalue weighted by Crippen LogP contribution is -2.36. The minimum Gasteiger partial charge on any atom is -0.314 e. The van der Waals surface area contributed by atoms with Gasteiger partial charge in [-0.25, -0.2) is 0 Å². The molecule has 1 aromatic rings. The highest BCUT2D eigenvalue weighted by molar-refractivity contribution is 6.33. The Morgan fingerprint density at radius 1 is 1.14 bits per heavy atom. The van der Waals surface area contributed by atoms with Crippen LogP contribution in [0.2, 0.25) is 10.0 Å². The molecule has 1 unspecified atom stereocenters. The van der Waals surface area contributed by atoms with Crippen LogP contribution in [0.25, 0.3) is 0 Å². The van der Waals surface area contributed by atoms with Gasteiger partial charge < -0.3 is 10.2 Å². The second kappa shape index (κ2) is 10.4. The SMILES string of the molecule is CCCNC(CCN(CC)CC)Cc1cc(Cl)ccc1Cl. The summed E-state index contributed by atoms with van der Waals surface area (Å²) in [5.41, 5.74) is 1.14. The maximum atomic E-state index is 6.29. The third-order valence-electron chi connectivity index (χ3n) is 3.85. The zero-order valence-corrected chi connectivity index (χ0v) is 15.0. The van der Waals surface area contributed by atoms with E-state index in [4.69, 9.17) is 23.2 Å². The summed E-state index contributed by atoms with van der Waals surface area (Å²) in [6.07, 6.45) is 3.20. The van der Waals surface area contributed by atoms with Crippen molar-refractivity contribution in [1.29, 1.82) is 0 Å². The van der Waals surface area contributed by atoms with Crippen molar-refractivity contribution in [2.45, 2.75) is 46.1 Å². The number of benzene rings is 1. The minimum absolute atomic E-state index is 0.446. The predicted molar refractivity (Wildman–Crippen MR) is 94.7 cm³/mol. The topological polar surface area (TPSA) is 15.3 Å². The van der Waals surface area contributed by atoms with Crippen molar-refractivity contribution in [2.75, 3.05) is 26.2 Å². The first-order chi connectivity index (χ1) is 10.1. The third-order valence-corrected chi connectivity index (χ3v) is 4.45. The molecule has 21 heavy (non-hydrogen) atoms. The molecule has 120 valence electrons. The Hall–Kier alpha value is -0.280. The van der Waals surface area contributed by atoms with Crippen molar-refractivity contribution in [2.24, 2.45) is 0 Å². The maximum Gasteiger partial charge on any atom is 0.0439 e. The van der Waals surface area contributed by atoms with Gasteiger partial charge in [0.15, 0.2) is 0 Å². The molecule has 0 bridgehead atoms. The zero-order chi connectivity index (χ0) is 15.7. The first-order valence-corrected chi connectivity index (χ1v) is 8.75. The minimum atomic E-state index is 0.446. The Morgan fingerprint density at radius 2 is 1.86 bits per heavy atom.